The van der Waals surface area contributed by atoms with E-state index in [0.717, 1.165) is 11.4 Å². The lowest BCUT2D eigenvalue weighted by Gasteiger charge is -2.19. The van der Waals surface area contributed by atoms with E-state index >= 15 is 0 Å². The number of H-pyrrole nitrogens is 1. The molecule has 2 aromatic rings. The maximum atomic E-state index is 5.65. The Labute approximate surface area is 107 Å². The number of nitrogens with one attached hydrogen (secondary N) is 1. The average molecular weight is 245 g/mol. The molecule has 1 aromatic carbocycles. The van der Waals surface area contributed by atoms with E-state index in [1.807, 2.05) is 12.1 Å². The summed E-state index contributed by atoms with van der Waals surface area (Å²) in [5.41, 5.74) is 7.84. The summed E-state index contributed by atoms with van der Waals surface area (Å²) in [7, 11) is 0. The molecule has 0 bridgehead atoms. The second kappa shape index (κ2) is 4.72. The summed E-state index contributed by atoms with van der Waals surface area (Å²) in [6.45, 7) is 7.02. The standard InChI is InChI=1S/C14H19N3O/c1-14(2,3)10-4-6-12(7-5-10)18-9-11-8-13(15)17-16-11/h4-8H,9H2,1-3H3,(H3,15,16,17). The van der Waals surface area contributed by atoms with Crippen LogP contribution in [-0.4, -0.2) is 10.2 Å². The number of nitrogens with two attached hydrogens (primary N) is 1. The van der Waals surface area contributed by atoms with Crippen LogP contribution in [0.4, 0.5) is 5.82 Å². The van der Waals surface area contributed by atoms with Gasteiger partial charge in [-0.05, 0) is 23.1 Å². The summed E-state index contributed by atoms with van der Waals surface area (Å²) in [4.78, 5) is 0. The molecule has 4 heteroatoms. The second-order valence-corrected chi connectivity index (χ2v) is 5.38. The van der Waals surface area contributed by atoms with Crippen LogP contribution in [0.1, 0.15) is 32.0 Å². The molecule has 0 saturated carbocycles. The molecular formula is C14H19N3O. The summed E-state index contributed by atoms with van der Waals surface area (Å²) in [6, 6.07) is 9.93. The fourth-order valence-corrected chi connectivity index (χ4v) is 1.67. The molecule has 1 aromatic heterocycles. The molecule has 18 heavy (non-hydrogen) atoms. The molecule has 0 aliphatic carbocycles. The van der Waals surface area contributed by atoms with E-state index in [-0.39, 0.29) is 5.41 Å². The third kappa shape index (κ3) is 3.03. The van der Waals surface area contributed by atoms with Crippen LogP contribution >= 0.6 is 0 Å². The van der Waals surface area contributed by atoms with E-state index in [9.17, 15) is 0 Å². The summed E-state index contributed by atoms with van der Waals surface area (Å²) >= 11 is 0. The molecule has 0 amide bonds. The fraction of sp³-hybridized carbons (Fsp3) is 0.357. The zero-order valence-corrected chi connectivity index (χ0v) is 11.0. The molecule has 0 unspecified atom stereocenters. The van der Waals surface area contributed by atoms with Crippen LogP contribution in [0, 0.1) is 0 Å². The first-order valence-electron chi connectivity index (χ1n) is 5.98. The van der Waals surface area contributed by atoms with Gasteiger partial charge in [-0.1, -0.05) is 32.9 Å². The van der Waals surface area contributed by atoms with Gasteiger partial charge >= 0.3 is 0 Å². The largest absolute Gasteiger partial charge is 0.487 e. The van der Waals surface area contributed by atoms with Crippen molar-refractivity contribution >= 4 is 5.82 Å². The Morgan fingerprint density at radius 1 is 1.22 bits per heavy atom. The Morgan fingerprint density at radius 2 is 1.89 bits per heavy atom. The van der Waals surface area contributed by atoms with E-state index < -0.39 is 0 Å². The van der Waals surface area contributed by atoms with Crippen LogP contribution in [0.3, 0.4) is 0 Å². The molecule has 96 valence electrons. The Balaban J connectivity index is 1.98. The molecule has 3 N–H and O–H groups in total. The Hall–Kier alpha value is -1.97. The van der Waals surface area contributed by atoms with Crippen LogP contribution in [0.2, 0.25) is 0 Å². The van der Waals surface area contributed by atoms with E-state index in [1.54, 1.807) is 6.07 Å². The van der Waals surface area contributed by atoms with Crippen molar-refractivity contribution in [3.63, 3.8) is 0 Å². The lowest BCUT2D eigenvalue weighted by molar-refractivity contribution is 0.301. The molecule has 2 rings (SSSR count). The smallest absolute Gasteiger partial charge is 0.145 e. The number of nitrogen functional groups attached to an aromatic ring is 1. The van der Waals surface area contributed by atoms with Crippen LogP contribution in [0.25, 0.3) is 0 Å². The van der Waals surface area contributed by atoms with Gasteiger partial charge < -0.3 is 10.5 Å². The van der Waals surface area contributed by atoms with Gasteiger partial charge in [0.05, 0.1) is 5.69 Å². The van der Waals surface area contributed by atoms with Gasteiger partial charge in [-0.25, -0.2) is 0 Å². The first-order valence-corrected chi connectivity index (χ1v) is 5.98. The predicted molar refractivity (Wildman–Crippen MR) is 72.5 cm³/mol. The summed E-state index contributed by atoms with van der Waals surface area (Å²) in [5, 5.41) is 6.66. The number of aromatic nitrogens is 2. The van der Waals surface area contributed by atoms with Gasteiger partial charge in [-0.3, -0.25) is 5.10 Å². The van der Waals surface area contributed by atoms with Crippen molar-refractivity contribution < 1.29 is 4.74 Å². The van der Waals surface area contributed by atoms with Crippen molar-refractivity contribution in [1.29, 1.82) is 0 Å². The molecule has 1 heterocycles. The zero-order valence-electron chi connectivity index (χ0n) is 11.0. The highest BCUT2D eigenvalue weighted by Gasteiger charge is 2.12. The van der Waals surface area contributed by atoms with Gasteiger partial charge in [0.25, 0.3) is 0 Å². The first-order chi connectivity index (χ1) is 8.45. The van der Waals surface area contributed by atoms with Gasteiger partial charge in [0.2, 0.25) is 0 Å². The van der Waals surface area contributed by atoms with Crippen molar-refractivity contribution in [2.45, 2.75) is 32.8 Å². The van der Waals surface area contributed by atoms with Crippen molar-refractivity contribution in [3.05, 3.63) is 41.6 Å². The summed E-state index contributed by atoms with van der Waals surface area (Å²) in [6.07, 6.45) is 0. The predicted octanol–water partition coefficient (Wildman–Crippen LogP) is 2.87. The average Bonchev–Trinajstić information content (AvgIpc) is 2.72. The van der Waals surface area contributed by atoms with Crippen molar-refractivity contribution in [1.82, 2.24) is 10.2 Å². The topological polar surface area (TPSA) is 63.9 Å². The van der Waals surface area contributed by atoms with Crippen molar-refractivity contribution in [2.75, 3.05) is 5.73 Å². The Morgan fingerprint density at radius 3 is 2.39 bits per heavy atom. The molecule has 0 saturated heterocycles. The maximum Gasteiger partial charge on any atom is 0.145 e. The molecule has 4 nitrogen and oxygen atoms in total. The van der Waals surface area contributed by atoms with Crippen molar-refractivity contribution in [3.8, 4) is 5.75 Å². The highest BCUT2D eigenvalue weighted by Crippen LogP contribution is 2.24. The number of hydrogen-bond donors (Lipinski definition) is 2. The first kappa shape index (κ1) is 12.5. The third-order valence-corrected chi connectivity index (χ3v) is 2.77. The minimum Gasteiger partial charge on any atom is -0.487 e. The molecule has 0 atom stereocenters. The van der Waals surface area contributed by atoms with Crippen LogP contribution in [0.5, 0.6) is 5.75 Å². The minimum atomic E-state index is 0.163. The highest BCUT2D eigenvalue weighted by molar-refractivity contribution is 5.32. The number of hydrogen-bond acceptors (Lipinski definition) is 3. The Kier molecular flexibility index (Phi) is 3.28. The van der Waals surface area contributed by atoms with E-state index in [1.165, 1.54) is 5.56 Å². The van der Waals surface area contributed by atoms with Gasteiger partial charge in [-0.15, -0.1) is 0 Å². The molecule has 0 fully saturated rings. The monoisotopic (exact) mass is 245 g/mol. The maximum absolute atomic E-state index is 5.65. The van der Waals surface area contributed by atoms with Gasteiger partial charge in [0.15, 0.2) is 0 Å². The SMILES string of the molecule is CC(C)(C)c1ccc(OCc2cc(N)n[nH]2)cc1. The number of anilines is 1. The van der Waals surface area contributed by atoms with Gasteiger partial charge in [-0.2, -0.15) is 5.10 Å². The zero-order chi connectivity index (χ0) is 13.2. The highest BCUT2D eigenvalue weighted by atomic mass is 16.5. The van der Waals surface area contributed by atoms with Crippen LogP contribution in [-0.2, 0) is 12.0 Å². The van der Waals surface area contributed by atoms with E-state index in [2.05, 4.69) is 43.1 Å². The van der Waals surface area contributed by atoms with Crippen molar-refractivity contribution in [2.24, 2.45) is 0 Å². The molecule has 0 radical (unpaired) electrons. The number of aromatic amines is 1. The second-order valence-electron chi connectivity index (χ2n) is 5.38. The quantitative estimate of drug-likeness (QED) is 0.874. The van der Waals surface area contributed by atoms with Crippen LogP contribution < -0.4 is 10.5 Å². The number of benzene rings is 1. The number of rotatable bonds is 3. The lowest BCUT2D eigenvalue weighted by Crippen LogP contribution is -2.10. The molecule has 0 spiro atoms. The lowest BCUT2D eigenvalue weighted by atomic mass is 9.87. The summed E-state index contributed by atoms with van der Waals surface area (Å²) in [5.74, 6) is 1.33. The fourth-order valence-electron chi connectivity index (χ4n) is 1.67. The number of nitrogens with zero attached hydrogens (tertiary/aromatic N) is 1. The van der Waals surface area contributed by atoms with Gasteiger partial charge in [0, 0.05) is 6.07 Å². The molecular weight excluding hydrogens is 226 g/mol. The van der Waals surface area contributed by atoms with E-state index in [0.29, 0.717) is 12.4 Å². The minimum absolute atomic E-state index is 0.163. The molecule has 0 aliphatic rings. The Bertz CT molecular complexity index is 509. The van der Waals surface area contributed by atoms with Crippen LogP contribution in [0.15, 0.2) is 30.3 Å². The summed E-state index contributed by atoms with van der Waals surface area (Å²) < 4.78 is 5.65. The third-order valence-electron chi connectivity index (χ3n) is 2.77. The number of ether oxygens (including phenoxy) is 1. The van der Waals surface area contributed by atoms with Gasteiger partial charge in [0.1, 0.15) is 18.2 Å². The van der Waals surface area contributed by atoms with E-state index in [4.69, 9.17) is 10.5 Å². The normalized spacial score (nSPS) is 11.5. The molecule has 0 aliphatic heterocycles.